The monoisotopic (exact) mass is 351 g/mol. The van der Waals surface area contributed by atoms with Gasteiger partial charge in [0, 0.05) is 17.4 Å². The molecule has 0 bridgehead atoms. The lowest BCUT2D eigenvalue weighted by Gasteiger charge is -2.05. The lowest BCUT2D eigenvalue weighted by molar-refractivity contribution is -0.132. The molecule has 0 aliphatic heterocycles. The van der Waals surface area contributed by atoms with Gasteiger partial charge in [0.05, 0.1) is 12.8 Å². The van der Waals surface area contributed by atoms with Crippen LogP contribution in [-0.2, 0) is 16.0 Å². The first-order valence-electron chi connectivity index (χ1n) is 7.72. The van der Waals surface area contributed by atoms with Crippen LogP contribution in [-0.4, -0.2) is 23.8 Å². The predicted octanol–water partition coefficient (Wildman–Crippen LogP) is 3.99. The van der Waals surface area contributed by atoms with Crippen molar-refractivity contribution in [2.75, 3.05) is 12.5 Å². The summed E-state index contributed by atoms with van der Waals surface area (Å²) >= 11 is 1.43. The van der Waals surface area contributed by atoms with Gasteiger partial charge in [-0.1, -0.05) is 60.7 Å². The summed E-state index contributed by atoms with van der Waals surface area (Å²) in [6, 6.07) is 19.5. The summed E-state index contributed by atoms with van der Waals surface area (Å²) in [7, 11) is 1.35. The number of hydrazone groups is 1. The maximum absolute atomic E-state index is 12.0. The highest BCUT2D eigenvalue weighted by Gasteiger charge is 2.13. The van der Waals surface area contributed by atoms with E-state index in [1.165, 1.54) is 18.4 Å². The summed E-state index contributed by atoms with van der Waals surface area (Å²) in [5.74, 6) is -0.462. The first-order valence-corrected chi connectivity index (χ1v) is 8.60. The van der Waals surface area contributed by atoms with Crippen LogP contribution in [0.5, 0.6) is 0 Å². The number of ether oxygens (including phenoxy) is 1. The van der Waals surface area contributed by atoms with Crippen molar-refractivity contribution in [1.29, 1.82) is 0 Å². The molecule has 3 rings (SSSR count). The Bertz CT molecular complexity index is 861. The summed E-state index contributed by atoms with van der Waals surface area (Å²) in [5.41, 5.74) is 6.05. The molecule has 0 aliphatic carbocycles. The first-order chi connectivity index (χ1) is 12.3. The maximum Gasteiger partial charge on any atom is 0.354 e. The molecule has 0 saturated carbocycles. The van der Waals surface area contributed by atoms with Crippen molar-refractivity contribution < 1.29 is 9.53 Å². The third-order valence-corrected chi connectivity index (χ3v) is 4.24. The molecule has 0 spiro atoms. The van der Waals surface area contributed by atoms with Crippen molar-refractivity contribution in [3.63, 3.8) is 0 Å². The Labute approximate surface area is 150 Å². The summed E-state index contributed by atoms with van der Waals surface area (Å²) in [4.78, 5) is 16.4. The van der Waals surface area contributed by atoms with Gasteiger partial charge >= 0.3 is 5.97 Å². The van der Waals surface area contributed by atoms with Crippen molar-refractivity contribution >= 4 is 28.1 Å². The Morgan fingerprint density at radius 2 is 1.80 bits per heavy atom. The van der Waals surface area contributed by atoms with E-state index in [0.29, 0.717) is 17.3 Å². The molecule has 0 radical (unpaired) electrons. The minimum atomic E-state index is -0.462. The minimum absolute atomic E-state index is 0.296. The summed E-state index contributed by atoms with van der Waals surface area (Å²) in [6.07, 6.45) is 0.386. The van der Waals surface area contributed by atoms with E-state index in [-0.39, 0.29) is 0 Å². The van der Waals surface area contributed by atoms with Gasteiger partial charge in [0.15, 0.2) is 0 Å². The normalized spacial score (nSPS) is 11.2. The van der Waals surface area contributed by atoms with Gasteiger partial charge in [0.1, 0.15) is 5.71 Å². The van der Waals surface area contributed by atoms with Crippen LogP contribution in [0.1, 0.15) is 5.56 Å². The number of esters is 1. The number of carbonyl (C=O) groups excluding carboxylic acids is 1. The number of aromatic nitrogens is 1. The van der Waals surface area contributed by atoms with Crippen molar-refractivity contribution in [3.05, 3.63) is 71.6 Å². The molecule has 126 valence electrons. The molecule has 3 aromatic rings. The molecule has 0 saturated heterocycles. The molecule has 0 amide bonds. The average molecular weight is 351 g/mol. The number of methoxy groups -OCH3 is 1. The second kappa shape index (κ2) is 8.21. The van der Waals surface area contributed by atoms with Crippen molar-refractivity contribution in [2.24, 2.45) is 5.10 Å². The highest BCUT2D eigenvalue weighted by Crippen LogP contribution is 2.24. The lowest BCUT2D eigenvalue weighted by atomic mass is 10.1. The fourth-order valence-corrected chi connectivity index (χ4v) is 2.91. The van der Waals surface area contributed by atoms with Crippen LogP contribution in [0.4, 0.5) is 5.13 Å². The van der Waals surface area contributed by atoms with Crippen LogP contribution in [0.2, 0.25) is 0 Å². The molecule has 5 nitrogen and oxygen atoms in total. The van der Waals surface area contributed by atoms with Crippen molar-refractivity contribution in [2.45, 2.75) is 6.42 Å². The van der Waals surface area contributed by atoms with Gasteiger partial charge in [0.25, 0.3) is 0 Å². The minimum Gasteiger partial charge on any atom is -0.464 e. The second-order valence-corrected chi connectivity index (χ2v) is 6.09. The zero-order valence-corrected chi connectivity index (χ0v) is 14.5. The molecule has 0 atom stereocenters. The molecular formula is C19H17N3O2S. The Kier molecular flexibility index (Phi) is 5.53. The molecule has 1 aromatic heterocycles. The number of hydrogen-bond donors (Lipinski definition) is 1. The highest BCUT2D eigenvalue weighted by molar-refractivity contribution is 7.14. The molecule has 0 aliphatic rings. The van der Waals surface area contributed by atoms with Gasteiger partial charge in [-0.2, -0.15) is 5.10 Å². The molecule has 1 N–H and O–H groups in total. The topological polar surface area (TPSA) is 63.6 Å². The molecule has 0 unspecified atom stereocenters. The number of anilines is 1. The molecule has 0 fully saturated rings. The highest BCUT2D eigenvalue weighted by atomic mass is 32.1. The van der Waals surface area contributed by atoms with Crippen LogP contribution in [0.15, 0.2) is 71.1 Å². The number of carbonyl (C=O) groups is 1. The number of rotatable bonds is 6. The van der Waals surface area contributed by atoms with E-state index in [4.69, 9.17) is 4.74 Å². The van der Waals surface area contributed by atoms with Gasteiger partial charge in [-0.15, -0.1) is 11.3 Å². The van der Waals surface area contributed by atoms with E-state index in [9.17, 15) is 4.79 Å². The maximum atomic E-state index is 12.0. The Morgan fingerprint density at radius 1 is 1.12 bits per heavy atom. The molecule has 25 heavy (non-hydrogen) atoms. The molecule has 2 aromatic carbocycles. The summed E-state index contributed by atoms with van der Waals surface area (Å²) < 4.78 is 4.82. The van der Waals surface area contributed by atoms with Crippen LogP contribution < -0.4 is 5.43 Å². The summed E-state index contributed by atoms with van der Waals surface area (Å²) in [6.45, 7) is 0. The number of nitrogens with one attached hydrogen (secondary N) is 1. The molecular weight excluding hydrogens is 334 g/mol. The largest absolute Gasteiger partial charge is 0.464 e. The number of benzene rings is 2. The molecule has 1 heterocycles. The number of hydrogen-bond acceptors (Lipinski definition) is 6. The first kappa shape index (κ1) is 16.9. The van der Waals surface area contributed by atoms with Crippen molar-refractivity contribution in [3.8, 4) is 11.3 Å². The third kappa shape index (κ3) is 4.51. The second-order valence-electron chi connectivity index (χ2n) is 5.23. The van der Waals surface area contributed by atoms with E-state index >= 15 is 0 Å². The van der Waals surface area contributed by atoms with E-state index in [2.05, 4.69) is 15.5 Å². The predicted molar refractivity (Wildman–Crippen MR) is 101 cm³/mol. The zero-order valence-electron chi connectivity index (χ0n) is 13.7. The van der Waals surface area contributed by atoms with E-state index in [1.54, 1.807) is 0 Å². The fourth-order valence-electron chi connectivity index (χ4n) is 2.25. The fraction of sp³-hybridized carbons (Fsp3) is 0.105. The van der Waals surface area contributed by atoms with Gasteiger partial charge in [-0.05, 0) is 5.56 Å². The van der Waals surface area contributed by atoms with Gasteiger partial charge in [-0.3, -0.25) is 5.43 Å². The Balaban J connectivity index is 1.75. The van der Waals surface area contributed by atoms with Crippen LogP contribution >= 0.6 is 11.3 Å². The van der Waals surface area contributed by atoms with Crippen molar-refractivity contribution in [1.82, 2.24) is 4.98 Å². The average Bonchev–Trinajstić information content (AvgIpc) is 3.15. The van der Waals surface area contributed by atoms with E-state index < -0.39 is 5.97 Å². The van der Waals surface area contributed by atoms with E-state index in [1.807, 2.05) is 66.0 Å². The molecule has 6 heteroatoms. The van der Waals surface area contributed by atoms with Crippen LogP contribution in [0.3, 0.4) is 0 Å². The summed E-state index contributed by atoms with van der Waals surface area (Å²) in [5, 5.41) is 6.77. The van der Waals surface area contributed by atoms with Gasteiger partial charge < -0.3 is 4.74 Å². The van der Waals surface area contributed by atoms with Crippen LogP contribution in [0.25, 0.3) is 11.3 Å². The Hall–Kier alpha value is -2.99. The van der Waals surface area contributed by atoms with Crippen LogP contribution in [0, 0.1) is 0 Å². The Morgan fingerprint density at radius 3 is 2.48 bits per heavy atom. The van der Waals surface area contributed by atoms with E-state index in [0.717, 1.165) is 16.8 Å². The zero-order chi connectivity index (χ0) is 17.5. The SMILES string of the molecule is COC(=O)/C(Cc1ccccc1)=N/Nc1nc(-c2ccccc2)cs1. The number of nitrogens with zero attached hydrogens (tertiary/aromatic N) is 2. The van der Waals surface area contributed by atoms with Gasteiger partial charge in [0.2, 0.25) is 5.13 Å². The lowest BCUT2D eigenvalue weighted by Crippen LogP contribution is -2.20. The number of thiazole rings is 1. The smallest absolute Gasteiger partial charge is 0.354 e. The third-order valence-electron chi connectivity index (χ3n) is 3.50. The quantitative estimate of drug-likeness (QED) is 0.414. The standard InChI is InChI=1S/C19H17N3O2S/c1-24-18(23)16(12-14-8-4-2-5-9-14)21-22-19-20-17(13-25-19)15-10-6-3-7-11-15/h2-11,13H,12H2,1H3,(H,20,22)/b21-16+. The van der Waals surface area contributed by atoms with Gasteiger partial charge in [-0.25, -0.2) is 9.78 Å².